The third-order valence-electron chi connectivity index (χ3n) is 6.14. The molecule has 0 bridgehead atoms. The van der Waals surface area contributed by atoms with E-state index in [1.54, 1.807) is 0 Å². The number of hydrogen-bond donors (Lipinski definition) is 0. The van der Waals surface area contributed by atoms with Gasteiger partial charge >= 0.3 is 0 Å². The van der Waals surface area contributed by atoms with Gasteiger partial charge in [0.1, 0.15) is 5.84 Å². The Bertz CT molecular complexity index is 1080. The first-order chi connectivity index (χ1) is 12.3. The Morgan fingerprint density at radius 2 is 1.48 bits per heavy atom. The molecule has 0 aromatic heterocycles. The lowest BCUT2D eigenvalue weighted by Gasteiger charge is -2.29. The van der Waals surface area contributed by atoms with Crippen LogP contribution < -0.4 is 4.90 Å². The van der Waals surface area contributed by atoms with Crippen molar-refractivity contribution in [3.63, 3.8) is 0 Å². The van der Waals surface area contributed by atoms with E-state index in [4.69, 9.17) is 4.99 Å². The summed E-state index contributed by atoms with van der Waals surface area (Å²) >= 11 is 0. The quantitative estimate of drug-likeness (QED) is 0.590. The number of amidine groups is 1. The van der Waals surface area contributed by atoms with Crippen molar-refractivity contribution >= 4 is 11.5 Å². The highest BCUT2D eigenvalue weighted by molar-refractivity contribution is 6.15. The van der Waals surface area contributed by atoms with E-state index in [0.29, 0.717) is 0 Å². The van der Waals surface area contributed by atoms with Crippen LogP contribution in [0.3, 0.4) is 0 Å². The lowest BCUT2D eigenvalue weighted by Crippen LogP contribution is -2.28. The maximum atomic E-state index is 4.88. The minimum Gasteiger partial charge on any atom is -0.324 e. The molecule has 3 aromatic carbocycles. The van der Waals surface area contributed by atoms with Crippen LogP contribution in [0.1, 0.15) is 29.2 Å². The molecule has 3 aliphatic rings. The topological polar surface area (TPSA) is 15.6 Å². The summed E-state index contributed by atoms with van der Waals surface area (Å²) in [6.45, 7) is 4.23. The molecule has 6 rings (SSSR count). The number of aliphatic imine (C=N–C) groups is 1. The van der Waals surface area contributed by atoms with Gasteiger partial charge in [-0.3, -0.25) is 4.99 Å². The van der Waals surface area contributed by atoms with Crippen molar-refractivity contribution in [1.82, 2.24) is 0 Å². The molecule has 2 heteroatoms. The van der Waals surface area contributed by atoms with Crippen molar-refractivity contribution in [1.29, 1.82) is 0 Å². The van der Waals surface area contributed by atoms with E-state index in [1.165, 1.54) is 39.1 Å². The fourth-order valence-corrected chi connectivity index (χ4v) is 5.11. The zero-order valence-corrected chi connectivity index (χ0v) is 14.2. The van der Waals surface area contributed by atoms with Crippen molar-refractivity contribution in [2.75, 3.05) is 18.0 Å². The summed E-state index contributed by atoms with van der Waals surface area (Å²) in [5, 5.41) is 0. The van der Waals surface area contributed by atoms with E-state index in [2.05, 4.69) is 78.6 Å². The Balaban J connectivity index is 1.85. The van der Waals surface area contributed by atoms with Crippen LogP contribution in [-0.2, 0) is 5.41 Å². The van der Waals surface area contributed by atoms with Crippen molar-refractivity contribution < 1.29 is 0 Å². The Morgan fingerprint density at radius 1 is 0.800 bits per heavy atom. The van der Waals surface area contributed by atoms with Crippen LogP contribution in [0.25, 0.3) is 11.1 Å². The monoisotopic (exact) mass is 322 g/mol. The summed E-state index contributed by atoms with van der Waals surface area (Å²) in [7, 11) is 0. The van der Waals surface area contributed by atoms with Crippen molar-refractivity contribution in [3.8, 4) is 11.1 Å². The molecule has 0 radical (unpaired) electrons. The smallest absolute Gasteiger partial charge is 0.135 e. The molecule has 0 N–H and O–H groups in total. The van der Waals surface area contributed by atoms with Crippen molar-refractivity contribution in [2.24, 2.45) is 4.99 Å². The molecule has 0 fully saturated rings. The predicted octanol–water partition coefficient (Wildman–Crippen LogP) is 4.60. The van der Waals surface area contributed by atoms with Gasteiger partial charge in [-0.1, -0.05) is 60.7 Å². The first-order valence-electron chi connectivity index (χ1n) is 8.95. The highest BCUT2D eigenvalue weighted by Gasteiger charge is 2.47. The summed E-state index contributed by atoms with van der Waals surface area (Å²) in [5.74, 6) is 1.14. The highest BCUT2D eigenvalue weighted by Crippen LogP contribution is 2.57. The Hall–Kier alpha value is -2.87. The zero-order chi connectivity index (χ0) is 16.6. The number of anilines is 1. The van der Waals surface area contributed by atoms with Gasteiger partial charge in [-0.05, 0) is 40.8 Å². The van der Waals surface area contributed by atoms with Crippen LogP contribution in [-0.4, -0.2) is 18.9 Å². The molecule has 2 heterocycles. The van der Waals surface area contributed by atoms with Gasteiger partial charge in [0.05, 0.1) is 6.54 Å². The average molecular weight is 322 g/mol. The molecule has 2 aliphatic heterocycles. The molecule has 25 heavy (non-hydrogen) atoms. The molecular formula is C23H18N2. The summed E-state index contributed by atoms with van der Waals surface area (Å²) in [6.07, 6.45) is 0. The second-order valence-corrected chi connectivity index (χ2v) is 7.27. The van der Waals surface area contributed by atoms with Gasteiger partial charge in [0.25, 0.3) is 0 Å². The third-order valence-corrected chi connectivity index (χ3v) is 6.14. The molecule has 120 valence electrons. The molecule has 0 saturated heterocycles. The van der Waals surface area contributed by atoms with Crippen LogP contribution in [0, 0.1) is 0 Å². The van der Waals surface area contributed by atoms with E-state index in [-0.39, 0.29) is 5.41 Å². The number of rotatable bonds is 0. The third kappa shape index (κ3) is 1.45. The van der Waals surface area contributed by atoms with Gasteiger partial charge in [-0.2, -0.15) is 0 Å². The van der Waals surface area contributed by atoms with Crippen molar-refractivity contribution in [2.45, 2.75) is 12.3 Å². The molecule has 3 aromatic rings. The highest BCUT2D eigenvalue weighted by atomic mass is 15.2. The van der Waals surface area contributed by atoms with Crippen LogP contribution in [0.2, 0.25) is 0 Å². The Kier molecular flexibility index (Phi) is 2.36. The van der Waals surface area contributed by atoms with E-state index in [9.17, 15) is 0 Å². The lowest BCUT2D eigenvalue weighted by molar-refractivity contribution is 0.715. The van der Waals surface area contributed by atoms with Gasteiger partial charge in [0, 0.05) is 23.2 Å². The standard InChI is InChI=1S/C23H18N2/c1-23-18-10-4-2-7-15(18)16-9-6-12-20(21(16)23)25-14-13-24-22(25)17-8-3-5-11-19(17)23/h2-12H,13-14H2,1H3. The van der Waals surface area contributed by atoms with Crippen LogP contribution in [0.5, 0.6) is 0 Å². The number of nitrogens with zero attached hydrogens (tertiary/aromatic N) is 2. The number of hydrogen-bond acceptors (Lipinski definition) is 2. The lowest BCUT2D eigenvalue weighted by atomic mass is 9.72. The Morgan fingerprint density at radius 3 is 2.32 bits per heavy atom. The van der Waals surface area contributed by atoms with Gasteiger partial charge in [-0.15, -0.1) is 0 Å². The fourth-order valence-electron chi connectivity index (χ4n) is 5.11. The van der Waals surface area contributed by atoms with Crippen LogP contribution in [0.4, 0.5) is 5.69 Å². The summed E-state index contributed by atoms with van der Waals surface area (Å²) < 4.78 is 0. The molecule has 0 saturated carbocycles. The molecular weight excluding hydrogens is 304 g/mol. The largest absolute Gasteiger partial charge is 0.324 e. The maximum absolute atomic E-state index is 4.88. The SMILES string of the molecule is CC12c3ccccc3C3=NCCN3c3cccc(c31)-c1ccccc12. The molecule has 2 nitrogen and oxygen atoms in total. The average Bonchev–Trinajstić information content (AvgIpc) is 3.23. The molecule has 1 aliphatic carbocycles. The molecule has 1 atom stereocenters. The summed E-state index contributed by atoms with van der Waals surface area (Å²) in [4.78, 5) is 7.30. The normalized spacial score (nSPS) is 21.8. The second-order valence-electron chi connectivity index (χ2n) is 7.27. The van der Waals surface area contributed by atoms with Crippen molar-refractivity contribution in [3.05, 3.63) is 89.0 Å². The minimum absolute atomic E-state index is 0.133. The number of benzene rings is 3. The first-order valence-corrected chi connectivity index (χ1v) is 8.95. The predicted molar refractivity (Wildman–Crippen MR) is 103 cm³/mol. The summed E-state index contributed by atoms with van der Waals surface area (Å²) in [5.41, 5.74) is 9.44. The van der Waals surface area contributed by atoms with E-state index in [0.717, 1.165) is 18.9 Å². The van der Waals surface area contributed by atoms with Gasteiger partial charge < -0.3 is 4.90 Å². The first kappa shape index (κ1) is 13.4. The van der Waals surface area contributed by atoms with Crippen LogP contribution in [0.15, 0.2) is 71.7 Å². The van der Waals surface area contributed by atoms with Gasteiger partial charge in [0.15, 0.2) is 0 Å². The molecule has 0 spiro atoms. The molecule has 1 unspecified atom stereocenters. The molecule has 0 amide bonds. The zero-order valence-electron chi connectivity index (χ0n) is 14.2. The Labute approximate surface area is 147 Å². The van der Waals surface area contributed by atoms with Gasteiger partial charge in [-0.25, -0.2) is 0 Å². The van der Waals surface area contributed by atoms with Gasteiger partial charge in [0.2, 0.25) is 0 Å². The number of fused-ring (bicyclic) bond motifs is 8. The second kappa shape index (κ2) is 4.40. The van der Waals surface area contributed by atoms with E-state index >= 15 is 0 Å². The van der Waals surface area contributed by atoms with E-state index in [1.807, 2.05) is 0 Å². The fraction of sp³-hybridized carbons (Fsp3) is 0.174. The van der Waals surface area contributed by atoms with E-state index < -0.39 is 0 Å². The van der Waals surface area contributed by atoms with Crippen LogP contribution >= 0.6 is 0 Å². The maximum Gasteiger partial charge on any atom is 0.135 e. The summed E-state index contributed by atoms with van der Waals surface area (Å²) in [6, 6.07) is 24.5. The minimum atomic E-state index is -0.133.